The first kappa shape index (κ1) is 14.8. The lowest BCUT2D eigenvalue weighted by Crippen LogP contribution is -2.43. The van der Waals surface area contributed by atoms with E-state index in [0.29, 0.717) is 18.9 Å². The molecule has 19 heavy (non-hydrogen) atoms. The number of carbonyl (C=O) groups is 1. The number of nitrogens with two attached hydrogens (primary N) is 1. The molecule has 0 spiro atoms. The molecule has 1 aliphatic carbocycles. The third-order valence-corrected chi connectivity index (χ3v) is 4.80. The van der Waals surface area contributed by atoms with Crippen LogP contribution in [0.5, 0.6) is 0 Å². The van der Waals surface area contributed by atoms with Gasteiger partial charge in [0.25, 0.3) is 0 Å². The van der Waals surface area contributed by atoms with E-state index < -0.39 is 0 Å². The molecule has 0 bridgehead atoms. The molecule has 110 valence electrons. The van der Waals surface area contributed by atoms with Crippen LogP contribution in [-0.2, 0) is 4.79 Å². The van der Waals surface area contributed by atoms with E-state index in [0.717, 1.165) is 25.9 Å². The summed E-state index contributed by atoms with van der Waals surface area (Å²) in [6, 6.07) is 0. The van der Waals surface area contributed by atoms with Gasteiger partial charge in [-0.2, -0.15) is 0 Å². The molecule has 4 heteroatoms. The minimum Gasteiger partial charge on any atom is -0.356 e. The van der Waals surface area contributed by atoms with Gasteiger partial charge in [-0.25, -0.2) is 0 Å². The summed E-state index contributed by atoms with van der Waals surface area (Å²) in [7, 11) is 0. The van der Waals surface area contributed by atoms with Crippen molar-refractivity contribution in [2.45, 2.75) is 45.4 Å². The molecule has 0 radical (unpaired) electrons. The Kier molecular flexibility index (Phi) is 5.22. The van der Waals surface area contributed by atoms with Gasteiger partial charge in [0.05, 0.1) is 0 Å². The predicted molar refractivity (Wildman–Crippen MR) is 77.8 cm³/mol. The Morgan fingerprint density at radius 1 is 1.32 bits per heavy atom. The fourth-order valence-electron chi connectivity index (χ4n) is 3.29. The van der Waals surface area contributed by atoms with Crippen molar-refractivity contribution in [3.8, 4) is 0 Å². The zero-order valence-electron chi connectivity index (χ0n) is 12.3. The Morgan fingerprint density at radius 3 is 2.53 bits per heavy atom. The number of nitrogens with one attached hydrogen (secondary N) is 1. The highest BCUT2D eigenvalue weighted by molar-refractivity contribution is 5.76. The van der Waals surface area contributed by atoms with Gasteiger partial charge in [0.15, 0.2) is 0 Å². The first-order chi connectivity index (χ1) is 9.13. The number of carbonyl (C=O) groups excluding carboxylic acids is 1. The average molecular weight is 267 g/mol. The van der Waals surface area contributed by atoms with Crippen LogP contribution in [0.25, 0.3) is 0 Å². The minimum absolute atomic E-state index is 0.127. The molecule has 1 saturated heterocycles. The van der Waals surface area contributed by atoms with Gasteiger partial charge < -0.3 is 16.0 Å². The van der Waals surface area contributed by atoms with Crippen LogP contribution in [0.4, 0.5) is 0 Å². The number of amides is 1. The van der Waals surface area contributed by atoms with E-state index in [1.807, 2.05) is 0 Å². The van der Waals surface area contributed by atoms with Crippen molar-refractivity contribution in [3.05, 3.63) is 0 Å². The fraction of sp³-hybridized carbons (Fsp3) is 0.933. The summed E-state index contributed by atoms with van der Waals surface area (Å²) < 4.78 is 0. The summed E-state index contributed by atoms with van der Waals surface area (Å²) in [6.45, 7) is 7.26. The van der Waals surface area contributed by atoms with Gasteiger partial charge in [-0.3, -0.25) is 4.79 Å². The van der Waals surface area contributed by atoms with Gasteiger partial charge in [0, 0.05) is 19.5 Å². The molecule has 1 saturated carbocycles. The van der Waals surface area contributed by atoms with Crippen LogP contribution in [-0.4, -0.2) is 43.5 Å². The van der Waals surface area contributed by atoms with Crippen LogP contribution < -0.4 is 11.1 Å². The Balaban J connectivity index is 1.62. The Labute approximate surface area is 117 Å². The third kappa shape index (κ3) is 4.18. The van der Waals surface area contributed by atoms with E-state index in [2.05, 4.69) is 17.1 Å². The molecule has 2 rings (SSSR count). The van der Waals surface area contributed by atoms with Crippen molar-refractivity contribution in [1.82, 2.24) is 10.2 Å². The number of rotatable bonds is 7. The molecule has 2 fully saturated rings. The maximum Gasteiger partial charge on any atom is 0.220 e. The van der Waals surface area contributed by atoms with Gasteiger partial charge in [0.1, 0.15) is 0 Å². The lowest BCUT2D eigenvalue weighted by Gasteiger charge is -2.40. The van der Waals surface area contributed by atoms with E-state index >= 15 is 0 Å². The molecule has 1 amide bonds. The minimum atomic E-state index is 0.127. The topological polar surface area (TPSA) is 58.4 Å². The van der Waals surface area contributed by atoms with Crippen LogP contribution in [0.2, 0.25) is 0 Å². The monoisotopic (exact) mass is 267 g/mol. The summed E-state index contributed by atoms with van der Waals surface area (Å²) in [5.74, 6) is 0.732. The van der Waals surface area contributed by atoms with Gasteiger partial charge in [-0.05, 0) is 56.7 Å². The summed E-state index contributed by atoms with van der Waals surface area (Å²) in [4.78, 5) is 14.5. The lowest BCUT2D eigenvalue weighted by atomic mass is 9.66. The lowest BCUT2D eigenvalue weighted by molar-refractivity contribution is -0.124. The molecule has 4 nitrogen and oxygen atoms in total. The van der Waals surface area contributed by atoms with Crippen molar-refractivity contribution in [2.24, 2.45) is 17.1 Å². The Hall–Kier alpha value is -0.610. The highest BCUT2D eigenvalue weighted by atomic mass is 16.1. The van der Waals surface area contributed by atoms with E-state index in [9.17, 15) is 4.79 Å². The van der Waals surface area contributed by atoms with Crippen molar-refractivity contribution < 1.29 is 4.79 Å². The molecule has 1 heterocycles. The molecule has 1 unspecified atom stereocenters. The normalized spacial score (nSPS) is 23.9. The molecule has 0 aromatic heterocycles. The number of likely N-dealkylation sites (tertiary alicyclic amines) is 1. The summed E-state index contributed by atoms with van der Waals surface area (Å²) >= 11 is 0. The van der Waals surface area contributed by atoms with E-state index in [1.165, 1.54) is 32.4 Å². The number of hydrogen-bond acceptors (Lipinski definition) is 3. The average Bonchev–Trinajstić information content (AvgIpc) is 2.84. The van der Waals surface area contributed by atoms with E-state index in [-0.39, 0.29) is 11.3 Å². The summed E-state index contributed by atoms with van der Waals surface area (Å²) in [6.07, 6.45) is 6.77. The van der Waals surface area contributed by atoms with Gasteiger partial charge in [-0.15, -0.1) is 0 Å². The zero-order chi connectivity index (χ0) is 13.7. The highest BCUT2D eigenvalue weighted by Crippen LogP contribution is 2.42. The molecule has 1 atom stereocenters. The number of nitrogens with zero attached hydrogens (tertiary/aromatic N) is 1. The van der Waals surface area contributed by atoms with E-state index in [4.69, 9.17) is 5.73 Å². The van der Waals surface area contributed by atoms with Gasteiger partial charge >= 0.3 is 0 Å². The fourth-order valence-corrected chi connectivity index (χ4v) is 3.29. The molecule has 3 N–H and O–H groups in total. The largest absolute Gasteiger partial charge is 0.356 e. The van der Waals surface area contributed by atoms with Crippen LogP contribution in [0.15, 0.2) is 0 Å². The Bertz CT molecular complexity index is 290. The van der Waals surface area contributed by atoms with Crippen molar-refractivity contribution in [2.75, 3.05) is 32.7 Å². The van der Waals surface area contributed by atoms with Gasteiger partial charge in [-0.1, -0.05) is 13.3 Å². The maximum absolute atomic E-state index is 12.0. The summed E-state index contributed by atoms with van der Waals surface area (Å²) in [5, 5.41) is 3.09. The standard InChI is InChI=1S/C15H29N3O/c1-13(11-18-7-2-3-8-18)10-17-14(19)9-15(12-16)5-4-6-15/h13H,2-12,16H2,1H3,(H,17,19). The first-order valence-corrected chi connectivity index (χ1v) is 7.83. The zero-order valence-corrected chi connectivity index (χ0v) is 12.3. The van der Waals surface area contributed by atoms with Crippen LogP contribution >= 0.6 is 0 Å². The highest BCUT2D eigenvalue weighted by Gasteiger charge is 2.37. The second-order valence-electron chi connectivity index (χ2n) is 6.65. The van der Waals surface area contributed by atoms with Crippen LogP contribution in [0.3, 0.4) is 0 Å². The van der Waals surface area contributed by atoms with Crippen molar-refractivity contribution >= 4 is 5.91 Å². The number of hydrogen-bond donors (Lipinski definition) is 2. The molecule has 2 aliphatic rings. The van der Waals surface area contributed by atoms with E-state index in [1.54, 1.807) is 0 Å². The molecule has 0 aromatic rings. The first-order valence-electron chi connectivity index (χ1n) is 7.83. The van der Waals surface area contributed by atoms with Crippen LogP contribution in [0.1, 0.15) is 45.4 Å². The van der Waals surface area contributed by atoms with Crippen molar-refractivity contribution in [3.63, 3.8) is 0 Å². The predicted octanol–water partition coefficient (Wildman–Crippen LogP) is 1.35. The van der Waals surface area contributed by atoms with Crippen molar-refractivity contribution in [1.29, 1.82) is 0 Å². The second-order valence-corrected chi connectivity index (χ2v) is 6.65. The quantitative estimate of drug-likeness (QED) is 0.732. The maximum atomic E-state index is 12.0. The SMILES string of the molecule is CC(CNC(=O)CC1(CN)CCC1)CN1CCCC1. The molecule has 0 aromatic carbocycles. The third-order valence-electron chi connectivity index (χ3n) is 4.80. The molecular formula is C15H29N3O. The second kappa shape index (κ2) is 6.71. The smallest absolute Gasteiger partial charge is 0.220 e. The van der Waals surface area contributed by atoms with Crippen LogP contribution in [0, 0.1) is 11.3 Å². The Morgan fingerprint density at radius 2 is 2.00 bits per heavy atom. The van der Waals surface area contributed by atoms with Gasteiger partial charge in [0.2, 0.25) is 5.91 Å². The summed E-state index contributed by atoms with van der Waals surface area (Å²) in [5.41, 5.74) is 5.92. The molecular weight excluding hydrogens is 238 g/mol. The molecule has 1 aliphatic heterocycles.